The van der Waals surface area contributed by atoms with Crippen molar-refractivity contribution < 1.29 is 17.7 Å². The third kappa shape index (κ3) is 3.40. The molecule has 8 nitrogen and oxygen atoms in total. The van der Waals surface area contributed by atoms with Crippen molar-refractivity contribution in [2.75, 3.05) is 25.4 Å². The average Bonchev–Trinajstić information content (AvgIpc) is 3.23. The summed E-state index contributed by atoms with van der Waals surface area (Å²) < 4.78 is 30.1. The maximum atomic E-state index is 12.5. The number of nitrogens with zero attached hydrogens (tertiary/aromatic N) is 4. The molecule has 0 aliphatic carbocycles. The van der Waals surface area contributed by atoms with E-state index in [1.807, 2.05) is 6.92 Å². The molecule has 2 aliphatic rings. The van der Waals surface area contributed by atoms with E-state index in [1.54, 1.807) is 4.90 Å². The Bertz CT molecular complexity index is 672. The molecule has 128 valence electrons. The lowest BCUT2D eigenvalue weighted by Crippen LogP contribution is -2.35. The van der Waals surface area contributed by atoms with Crippen molar-refractivity contribution in [1.29, 1.82) is 0 Å². The van der Waals surface area contributed by atoms with E-state index in [4.69, 9.17) is 4.52 Å². The van der Waals surface area contributed by atoms with Crippen molar-refractivity contribution in [1.82, 2.24) is 19.3 Å². The fraction of sp³-hybridized carbons (Fsp3) is 0.786. The van der Waals surface area contributed by atoms with Crippen LogP contribution >= 0.6 is 0 Å². The molecule has 0 spiro atoms. The second-order valence-electron chi connectivity index (χ2n) is 5.96. The van der Waals surface area contributed by atoms with Gasteiger partial charge in [0.05, 0.1) is 11.8 Å². The molecule has 2 fully saturated rings. The van der Waals surface area contributed by atoms with Crippen LogP contribution < -0.4 is 0 Å². The van der Waals surface area contributed by atoms with Gasteiger partial charge in [0.1, 0.15) is 0 Å². The van der Waals surface area contributed by atoms with Crippen LogP contribution in [0.2, 0.25) is 0 Å². The predicted octanol–water partition coefficient (Wildman–Crippen LogP) is 0.721. The van der Waals surface area contributed by atoms with Gasteiger partial charge in [-0.2, -0.15) is 4.98 Å². The SMILES string of the molecule is CCc1nc(C2CCCN2C(=O)CCN2CCCS2(=O)=O)no1. The highest BCUT2D eigenvalue weighted by Crippen LogP contribution is 2.30. The number of sulfonamides is 1. The van der Waals surface area contributed by atoms with Crippen molar-refractivity contribution in [3.8, 4) is 0 Å². The molecular weight excluding hydrogens is 320 g/mol. The fourth-order valence-electron chi connectivity index (χ4n) is 3.19. The number of aryl methyl sites for hydroxylation is 1. The molecule has 2 saturated heterocycles. The van der Waals surface area contributed by atoms with Gasteiger partial charge >= 0.3 is 0 Å². The number of rotatable bonds is 5. The number of carbonyl (C=O) groups excluding carboxylic acids is 1. The van der Waals surface area contributed by atoms with Crippen LogP contribution in [0, 0.1) is 0 Å². The molecule has 9 heteroatoms. The lowest BCUT2D eigenvalue weighted by Gasteiger charge is -2.23. The Balaban J connectivity index is 1.62. The zero-order chi connectivity index (χ0) is 16.4. The first kappa shape index (κ1) is 16.4. The maximum absolute atomic E-state index is 12.5. The van der Waals surface area contributed by atoms with Gasteiger partial charge in [0, 0.05) is 32.5 Å². The third-order valence-corrected chi connectivity index (χ3v) is 6.39. The molecule has 1 aromatic rings. The van der Waals surface area contributed by atoms with Crippen molar-refractivity contribution in [2.45, 2.75) is 45.1 Å². The van der Waals surface area contributed by atoms with Gasteiger partial charge in [0.15, 0.2) is 5.82 Å². The zero-order valence-electron chi connectivity index (χ0n) is 13.3. The minimum atomic E-state index is -3.15. The number of carbonyl (C=O) groups is 1. The van der Waals surface area contributed by atoms with E-state index in [1.165, 1.54) is 4.31 Å². The summed E-state index contributed by atoms with van der Waals surface area (Å²) in [7, 11) is -3.15. The summed E-state index contributed by atoms with van der Waals surface area (Å²) in [6.07, 6.45) is 3.23. The van der Waals surface area contributed by atoms with Crippen LogP contribution in [0.15, 0.2) is 4.52 Å². The normalized spacial score (nSPS) is 24.4. The Morgan fingerprint density at radius 1 is 1.35 bits per heavy atom. The van der Waals surface area contributed by atoms with E-state index >= 15 is 0 Å². The summed E-state index contributed by atoms with van der Waals surface area (Å²) in [6, 6.07) is -0.151. The molecule has 2 aliphatic heterocycles. The van der Waals surface area contributed by atoms with Crippen molar-refractivity contribution >= 4 is 15.9 Å². The second-order valence-corrected chi connectivity index (χ2v) is 8.05. The number of amides is 1. The fourth-order valence-corrected chi connectivity index (χ4v) is 4.72. The Morgan fingerprint density at radius 2 is 2.17 bits per heavy atom. The molecule has 0 radical (unpaired) electrons. The molecule has 3 heterocycles. The molecule has 1 atom stereocenters. The standard InChI is InChI=1S/C14H22N4O4S/c1-2-12-15-14(16-22-12)11-5-3-8-18(11)13(19)6-9-17-7-4-10-23(17,20)21/h11H,2-10H2,1H3. The molecule has 1 unspecified atom stereocenters. The number of hydrogen-bond acceptors (Lipinski definition) is 6. The first-order chi connectivity index (χ1) is 11.0. The summed E-state index contributed by atoms with van der Waals surface area (Å²) >= 11 is 0. The molecular formula is C14H22N4O4S. The molecule has 0 N–H and O–H groups in total. The highest BCUT2D eigenvalue weighted by Gasteiger charge is 2.34. The van der Waals surface area contributed by atoms with Crippen molar-refractivity contribution in [3.05, 3.63) is 11.7 Å². The summed E-state index contributed by atoms with van der Waals surface area (Å²) in [5.74, 6) is 1.28. The van der Waals surface area contributed by atoms with E-state index in [-0.39, 0.29) is 30.7 Å². The molecule has 1 aromatic heterocycles. The van der Waals surface area contributed by atoms with E-state index in [0.717, 1.165) is 12.8 Å². The van der Waals surface area contributed by atoms with Crippen LogP contribution in [0.25, 0.3) is 0 Å². The highest BCUT2D eigenvalue weighted by atomic mass is 32.2. The van der Waals surface area contributed by atoms with Gasteiger partial charge in [-0.15, -0.1) is 0 Å². The van der Waals surface area contributed by atoms with Crippen LogP contribution in [0.1, 0.15) is 50.4 Å². The van der Waals surface area contributed by atoms with Gasteiger partial charge in [0.25, 0.3) is 0 Å². The number of hydrogen-bond donors (Lipinski definition) is 0. The largest absolute Gasteiger partial charge is 0.339 e. The first-order valence-corrected chi connectivity index (χ1v) is 9.72. The Morgan fingerprint density at radius 3 is 2.83 bits per heavy atom. The van der Waals surface area contributed by atoms with E-state index in [2.05, 4.69) is 10.1 Å². The monoisotopic (exact) mass is 342 g/mol. The zero-order valence-corrected chi connectivity index (χ0v) is 14.1. The highest BCUT2D eigenvalue weighted by molar-refractivity contribution is 7.89. The molecule has 0 bridgehead atoms. The van der Waals surface area contributed by atoms with E-state index < -0.39 is 10.0 Å². The Kier molecular flexibility index (Phi) is 4.67. The van der Waals surface area contributed by atoms with E-state index in [9.17, 15) is 13.2 Å². The lowest BCUT2D eigenvalue weighted by molar-refractivity contribution is -0.132. The predicted molar refractivity (Wildman–Crippen MR) is 82.0 cm³/mol. The van der Waals surface area contributed by atoms with Gasteiger partial charge in [-0.1, -0.05) is 12.1 Å². The van der Waals surface area contributed by atoms with Gasteiger partial charge in [0.2, 0.25) is 21.8 Å². The smallest absolute Gasteiger partial charge is 0.226 e. The van der Waals surface area contributed by atoms with E-state index in [0.29, 0.717) is 37.6 Å². The quantitative estimate of drug-likeness (QED) is 0.782. The second kappa shape index (κ2) is 6.56. The summed E-state index contributed by atoms with van der Waals surface area (Å²) in [5.41, 5.74) is 0. The third-order valence-electron chi connectivity index (χ3n) is 4.44. The Hall–Kier alpha value is -1.48. The van der Waals surface area contributed by atoms with Gasteiger partial charge in [-0.25, -0.2) is 12.7 Å². The van der Waals surface area contributed by atoms with Gasteiger partial charge < -0.3 is 9.42 Å². The van der Waals surface area contributed by atoms with Crippen LogP contribution in [-0.2, 0) is 21.2 Å². The summed E-state index contributed by atoms with van der Waals surface area (Å²) in [5, 5.41) is 3.98. The number of likely N-dealkylation sites (tertiary alicyclic amines) is 1. The minimum Gasteiger partial charge on any atom is -0.339 e. The maximum Gasteiger partial charge on any atom is 0.226 e. The molecule has 0 saturated carbocycles. The number of aromatic nitrogens is 2. The topological polar surface area (TPSA) is 96.6 Å². The van der Waals surface area contributed by atoms with Crippen LogP contribution in [0.5, 0.6) is 0 Å². The van der Waals surface area contributed by atoms with Gasteiger partial charge in [-0.3, -0.25) is 4.79 Å². The Labute approximate surface area is 135 Å². The van der Waals surface area contributed by atoms with Crippen LogP contribution in [-0.4, -0.2) is 59.1 Å². The van der Waals surface area contributed by atoms with Crippen molar-refractivity contribution in [2.24, 2.45) is 0 Å². The lowest BCUT2D eigenvalue weighted by atomic mass is 10.2. The summed E-state index contributed by atoms with van der Waals surface area (Å²) in [4.78, 5) is 18.6. The van der Waals surface area contributed by atoms with Crippen molar-refractivity contribution in [3.63, 3.8) is 0 Å². The van der Waals surface area contributed by atoms with Crippen LogP contribution in [0.3, 0.4) is 0 Å². The molecule has 0 aromatic carbocycles. The first-order valence-electron chi connectivity index (χ1n) is 8.11. The molecule has 23 heavy (non-hydrogen) atoms. The average molecular weight is 342 g/mol. The molecule has 3 rings (SSSR count). The summed E-state index contributed by atoms with van der Waals surface area (Å²) in [6.45, 7) is 3.37. The molecule has 1 amide bonds. The van der Waals surface area contributed by atoms with Gasteiger partial charge in [-0.05, 0) is 19.3 Å². The minimum absolute atomic E-state index is 0.0440. The van der Waals surface area contributed by atoms with Crippen LogP contribution in [0.4, 0.5) is 0 Å².